The van der Waals surface area contributed by atoms with Crippen molar-refractivity contribution in [3.63, 3.8) is 0 Å². The van der Waals surface area contributed by atoms with Crippen LogP contribution in [0.2, 0.25) is 0 Å². The lowest BCUT2D eigenvalue weighted by Gasteiger charge is -2.32. The molecule has 2 aliphatic rings. The van der Waals surface area contributed by atoms with Crippen LogP contribution < -0.4 is 0 Å². The van der Waals surface area contributed by atoms with Gasteiger partial charge in [0.05, 0.1) is 13.7 Å². The van der Waals surface area contributed by atoms with Gasteiger partial charge in [-0.3, -0.25) is 14.5 Å². The molecule has 1 N–H and O–H groups in total. The van der Waals surface area contributed by atoms with Gasteiger partial charge in [-0.05, 0) is 31.2 Å². The predicted molar refractivity (Wildman–Crippen MR) is 95.5 cm³/mol. The monoisotopic (exact) mass is 340 g/mol. The fourth-order valence-corrected chi connectivity index (χ4v) is 4.70. The second-order valence-electron chi connectivity index (χ2n) is 7.23. The molecule has 132 valence electrons. The number of H-pyrrole nitrogens is 1. The highest BCUT2D eigenvalue weighted by Gasteiger charge is 2.46. The lowest BCUT2D eigenvalue weighted by atomic mass is 9.84. The summed E-state index contributed by atoms with van der Waals surface area (Å²) in [7, 11) is 1.43. The number of carbonyl (C=O) groups is 2. The molecule has 0 spiro atoms. The van der Waals surface area contributed by atoms with E-state index in [2.05, 4.69) is 9.88 Å². The van der Waals surface area contributed by atoms with Crippen molar-refractivity contribution in [2.24, 2.45) is 5.92 Å². The van der Waals surface area contributed by atoms with E-state index in [1.165, 1.54) is 20.0 Å². The Balaban J connectivity index is 1.60. The molecule has 1 aliphatic carbocycles. The number of hydrogen-bond acceptors (Lipinski definition) is 4. The lowest BCUT2D eigenvalue weighted by Crippen LogP contribution is -2.45. The number of likely N-dealkylation sites (tertiary alicyclic amines) is 1. The predicted octanol–water partition coefficient (Wildman–Crippen LogP) is 3.16. The minimum absolute atomic E-state index is 0.0672. The first kappa shape index (κ1) is 16.3. The first-order valence-electron chi connectivity index (χ1n) is 9.12. The molecule has 25 heavy (non-hydrogen) atoms. The number of rotatable bonds is 4. The second-order valence-corrected chi connectivity index (χ2v) is 7.23. The van der Waals surface area contributed by atoms with Crippen LogP contribution in [-0.4, -0.2) is 47.4 Å². The molecule has 1 saturated carbocycles. The minimum Gasteiger partial charge on any atom is -0.468 e. The maximum Gasteiger partial charge on any atom is 0.323 e. The molecule has 0 amide bonds. The summed E-state index contributed by atoms with van der Waals surface area (Å²) in [6, 6.07) is 7.87. The van der Waals surface area contributed by atoms with E-state index in [9.17, 15) is 9.59 Å². The van der Waals surface area contributed by atoms with Crippen LogP contribution in [0.1, 0.15) is 42.5 Å². The van der Waals surface area contributed by atoms with Gasteiger partial charge in [0.25, 0.3) is 0 Å². The van der Waals surface area contributed by atoms with E-state index in [0.717, 1.165) is 30.2 Å². The number of methoxy groups -OCH3 is 1. The summed E-state index contributed by atoms with van der Waals surface area (Å²) in [5.74, 6) is 0.368. The molecule has 1 saturated heterocycles. The Morgan fingerprint density at radius 3 is 2.88 bits per heavy atom. The summed E-state index contributed by atoms with van der Waals surface area (Å²) in [4.78, 5) is 30.5. The molecule has 2 heterocycles. The number of fused-ring (bicyclic) bond motifs is 2. The van der Waals surface area contributed by atoms with Crippen molar-refractivity contribution in [2.75, 3.05) is 13.7 Å². The third kappa shape index (κ3) is 2.86. The zero-order valence-corrected chi connectivity index (χ0v) is 14.5. The minimum atomic E-state index is -0.285. The number of aromatic nitrogens is 1. The van der Waals surface area contributed by atoms with Gasteiger partial charge in [-0.1, -0.05) is 31.0 Å². The molecule has 2 aromatic rings. The van der Waals surface area contributed by atoms with Crippen LogP contribution >= 0.6 is 0 Å². The highest BCUT2D eigenvalue weighted by Crippen LogP contribution is 2.40. The van der Waals surface area contributed by atoms with Crippen LogP contribution in [0.3, 0.4) is 0 Å². The van der Waals surface area contributed by atoms with Crippen LogP contribution in [-0.2, 0) is 9.53 Å². The average Bonchev–Trinajstić information content (AvgIpc) is 3.23. The van der Waals surface area contributed by atoms with Crippen LogP contribution in [0.5, 0.6) is 0 Å². The van der Waals surface area contributed by atoms with Crippen molar-refractivity contribution in [3.05, 3.63) is 36.0 Å². The van der Waals surface area contributed by atoms with Gasteiger partial charge in [0, 0.05) is 28.7 Å². The number of benzene rings is 1. The summed E-state index contributed by atoms with van der Waals surface area (Å²) in [6.45, 7) is 0.281. The number of aromatic amines is 1. The van der Waals surface area contributed by atoms with Gasteiger partial charge in [-0.25, -0.2) is 0 Å². The quantitative estimate of drug-likeness (QED) is 0.686. The molecule has 2 fully saturated rings. The van der Waals surface area contributed by atoms with Gasteiger partial charge in [0.2, 0.25) is 0 Å². The molecule has 1 aliphatic heterocycles. The van der Waals surface area contributed by atoms with Crippen molar-refractivity contribution in [3.8, 4) is 0 Å². The number of para-hydroxylation sites is 1. The Kier molecular flexibility index (Phi) is 4.34. The molecule has 5 nitrogen and oxygen atoms in total. The van der Waals surface area contributed by atoms with E-state index < -0.39 is 0 Å². The third-order valence-electron chi connectivity index (χ3n) is 5.91. The van der Waals surface area contributed by atoms with Gasteiger partial charge in [-0.15, -0.1) is 0 Å². The van der Waals surface area contributed by atoms with Crippen molar-refractivity contribution in [1.82, 2.24) is 9.88 Å². The topological polar surface area (TPSA) is 62.4 Å². The number of ether oxygens (including phenoxy) is 1. The van der Waals surface area contributed by atoms with Gasteiger partial charge in [0.15, 0.2) is 5.78 Å². The molecule has 0 bridgehead atoms. The van der Waals surface area contributed by atoms with E-state index in [4.69, 9.17) is 4.74 Å². The van der Waals surface area contributed by atoms with Crippen LogP contribution in [0.4, 0.5) is 0 Å². The molecule has 3 atom stereocenters. The Morgan fingerprint density at radius 2 is 2.04 bits per heavy atom. The molecule has 5 heteroatoms. The Labute approximate surface area is 147 Å². The largest absolute Gasteiger partial charge is 0.468 e. The van der Waals surface area contributed by atoms with Crippen LogP contribution in [0.15, 0.2) is 30.5 Å². The molecule has 4 rings (SSSR count). The number of nitrogens with zero attached hydrogens (tertiary/aromatic N) is 1. The number of Topliss-reactive ketones (excluding diaryl/α,β-unsaturated/α-hetero) is 1. The Morgan fingerprint density at radius 1 is 1.24 bits per heavy atom. The van der Waals surface area contributed by atoms with E-state index in [-0.39, 0.29) is 24.3 Å². The van der Waals surface area contributed by atoms with E-state index in [1.54, 1.807) is 6.20 Å². The molecule has 1 aromatic carbocycles. The molecule has 1 aromatic heterocycles. The van der Waals surface area contributed by atoms with E-state index in [0.29, 0.717) is 17.5 Å². The average molecular weight is 340 g/mol. The summed E-state index contributed by atoms with van der Waals surface area (Å²) < 4.78 is 5.01. The highest BCUT2D eigenvalue weighted by atomic mass is 16.5. The summed E-state index contributed by atoms with van der Waals surface area (Å²) >= 11 is 0. The third-order valence-corrected chi connectivity index (χ3v) is 5.91. The van der Waals surface area contributed by atoms with Crippen LogP contribution in [0.25, 0.3) is 10.9 Å². The maximum atomic E-state index is 13.0. The van der Waals surface area contributed by atoms with Crippen LogP contribution in [0, 0.1) is 5.92 Å². The Hall–Kier alpha value is -2.14. The maximum absolute atomic E-state index is 13.0. The van der Waals surface area contributed by atoms with Crippen molar-refractivity contribution >= 4 is 22.7 Å². The summed E-state index contributed by atoms with van der Waals surface area (Å²) in [6.07, 6.45) is 7.22. The fraction of sp³-hybridized carbons (Fsp3) is 0.500. The zero-order valence-electron chi connectivity index (χ0n) is 14.5. The zero-order chi connectivity index (χ0) is 17.4. The first-order chi connectivity index (χ1) is 12.2. The number of hydrogen-bond donors (Lipinski definition) is 1. The molecule has 0 radical (unpaired) electrons. The van der Waals surface area contributed by atoms with Crippen molar-refractivity contribution < 1.29 is 14.3 Å². The van der Waals surface area contributed by atoms with Gasteiger partial charge in [-0.2, -0.15) is 0 Å². The molecule has 3 unspecified atom stereocenters. The highest BCUT2D eigenvalue weighted by molar-refractivity contribution is 6.08. The van der Waals surface area contributed by atoms with E-state index >= 15 is 0 Å². The first-order valence-corrected chi connectivity index (χ1v) is 9.12. The SMILES string of the molecule is COC(=O)C1CC2CCCCC2N1CC(=O)c1c[nH]c2ccccc12. The van der Waals surface area contributed by atoms with Gasteiger partial charge < -0.3 is 9.72 Å². The Bertz CT molecular complexity index is 797. The standard InChI is InChI=1S/C20H24N2O3/c1-25-20(24)18-10-13-6-2-5-9-17(13)22(18)12-19(23)15-11-21-16-8-4-3-7-14(15)16/h3-4,7-8,11,13,17-18,21H,2,5-6,9-10,12H2,1H3. The fourth-order valence-electron chi connectivity index (χ4n) is 4.70. The van der Waals surface area contributed by atoms with Gasteiger partial charge >= 0.3 is 5.97 Å². The number of nitrogens with one attached hydrogen (secondary N) is 1. The summed E-state index contributed by atoms with van der Waals surface area (Å²) in [5, 5.41) is 0.946. The second kappa shape index (κ2) is 6.64. The summed E-state index contributed by atoms with van der Waals surface area (Å²) in [5.41, 5.74) is 1.67. The van der Waals surface area contributed by atoms with Crippen molar-refractivity contribution in [2.45, 2.75) is 44.2 Å². The smallest absolute Gasteiger partial charge is 0.323 e. The number of esters is 1. The van der Waals surface area contributed by atoms with Gasteiger partial charge in [0.1, 0.15) is 6.04 Å². The molecular formula is C20H24N2O3. The number of carbonyl (C=O) groups excluding carboxylic acids is 2. The molecular weight excluding hydrogens is 316 g/mol. The lowest BCUT2D eigenvalue weighted by molar-refractivity contribution is -0.146. The van der Waals surface area contributed by atoms with Crippen molar-refractivity contribution in [1.29, 1.82) is 0 Å². The normalized spacial score (nSPS) is 26.5. The van der Waals surface area contributed by atoms with E-state index in [1.807, 2.05) is 24.3 Å². The number of ketones is 1.